The van der Waals surface area contributed by atoms with Gasteiger partial charge in [-0.05, 0) is 6.42 Å². The van der Waals surface area contributed by atoms with Gasteiger partial charge in [0.25, 0.3) is 0 Å². The normalized spacial score (nSPS) is 12.1. The number of nitrogens with zero attached hydrogens (tertiary/aromatic N) is 1. The molecule has 0 amide bonds. The van der Waals surface area contributed by atoms with Crippen molar-refractivity contribution in [3.63, 3.8) is 0 Å². The third kappa shape index (κ3) is 8.81. The highest BCUT2D eigenvalue weighted by Gasteiger charge is 2.15. The van der Waals surface area contributed by atoms with Crippen molar-refractivity contribution in [1.29, 1.82) is 0 Å². The molecule has 0 aliphatic heterocycles. The molecule has 124 valence electrons. The fourth-order valence-electron chi connectivity index (χ4n) is 2.54. The minimum absolute atomic E-state index is 0.0909. The molecule has 1 aromatic rings. The molecule has 22 heavy (non-hydrogen) atoms. The Morgan fingerprint density at radius 2 is 1.45 bits per heavy atom. The molecule has 1 rings (SSSR count). The monoisotopic (exact) mass is 306 g/mol. The average molecular weight is 306 g/mol. The molecular weight excluding hydrogens is 274 g/mol. The number of carbonyl (C=O) groups excluding carboxylic acids is 1. The number of pyridine rings is 1. The topological polar surface area (TPSA) is 30.2 Å². The van der Waals surface area contributed by atoms with Crippen LogP contribution in [0, 0.1) is 0 Å². The molecule has 0 N–H and O–H groups in total. The predicted molar refractivity (Wildman–Crippen MR) is 89.3 cm³/mol. The van der Waals surface area contributed by atoms with E-state index in [1.807, 2.05) is 42.1 Å². The fourth-order valence-corrected chi connectivity index (χ4v) is 2.54. The van der Waals surface area contributed by atoms with Crippen molar-refractivity contribution in [2.45, 2.75) is 84.3 Å². The van der Waals surface area contributed by atoms with Crippen LogP contribution in [0.15, 0.2) is 30.6 Å². The first-order chi connectivity index (χ1) is 10.7. The van der Waals surface area contributed by atoms with E-state index in [2.05, 4.69) is 6.92 Å². The van der Waals surface area contributed by atoms with Crippen molar-refractivity contribution in [3.05, 3.63) is 30.6 Å². The maximum absolute atomic E-state index is 11.8. The lowest BCUT2D eigenvalue weighted by Crippen LogP contribution is -2.39. The molecule has 0 fully saturated rings. The van der Waals surface area contributed by atoms with Gasteiger partial charge in [0.05, 0.1) is 0 Å². The van der Waals surface area contributed by atoms with Gasteiger partial charge in [-0.25, -0.2) is 0 Å². The first-order valence-corrected chi connectivity index (χ1v) is 8.89. The summed E-state index contributed by atoms with van der Waals surface area (Å²) in [5, 5.41) is 0. The molecule has 0 saturated heterocycles. The SMILES string of the molecule is CCCCCCCCCCCC(=O)OC(C)[n+]1ccccc1. The van der Waals surface area contributed by atoms with Gasteiger partial charge in [-0.1, -0.05) is 64.4 Å². The van der Waals surface area contributed by atoms with Gasteiger partial charge in [0.1, 0.15) is 0 Å². The van der Waals surface area contributed by atoms with Crippen molar-refractivity contribution in [1.82, 2.24) is 0 Å². The Morgan fingerprint density at radius 1 is 0.909 bits per heavy atom. The number of ether oxygens (including phenoxy) is 1. The first-order valence-electron chi connectivity index (χ1n) is 8.89. The summed E-state index contributed by atoms with van der Waals surface area (Å²) < 4.78 is 7.33. The van der Waals surface area contributed by atoms with Gasteiger partial charge in [0.15, 0.2) is 12.4 Å². The minimum Gasteiger partial charge on any atom is -0.403 e. The highest BCUT2D eigenvalue weighted by atomic mass is 16.6. The molecule has 0 aliphatic carbocycles. The molecular formula is C19H32NO2+. The van der Waals surface area contributed by atoms with Crippen molar-refractivity contribution >= 4 is 5.97 Å². The van der Waals surface area contributed by atoms with E-state index in [9.17, 15) is 4.79 Å². The number of hydrogen-bond donors (Lipinski definition) is 0. The van der Waals surface area contributed by atoms with E-state index < -0.39 is 0 Å². The standard InChI is InChI=1S/C19H32NO2/c1-3-4-5-6-7-8-9-10-12-15-19(21)22-18(2)20-16-13-11-14-17-20/h11,13-14,16-18H,3-10,12,15H2,1-2H3/q+1. The van der Waals surface area contributed by atoms with Crippen LogP contribution in [-0.4, -0.2) is 5.97 Å². The zero-order chi connectivity index (χ0) is 16.0. The quantitative estimate of drug-likeness (QED) is 0.310. The lowest BCUT2D eigenvalue weighted by Gasteiger charge is -2.08. The molecule has 0 saturated carbocycles. The maximum atomic E-state index is 11.8. The van der Waals surface area contributed by atoms with Crippen LogP contribution in [0.1, 0.15) is 84.3 Å². The Hall–Kier alpha value is -1.38. The van der Waals surface area contributed by atoms with Crippen LogP contribution in [0.5, 0.6) is 0 Å². The summed E-state index contributed by atoms with van der Waals surface area (Å²) in [6.07, 6.45) is 15.5. The van der Waals surface area contributed by atoms with Crippen molar-refractivity contribution in [3.8, 4) is 0 Å². The minimum atomic E-state index is -0.229. The number of rotatable bonds is 12. The first kappa shape index (κ1) is 18.7. The van der Waals surface area contributed by atoms with Crippen LogP contribution in [0.4, 0.5) is 0 Å². The van der Waals surface area contributed by atoms with E-state index in [0.717, 1.165) is 12.8 Å². The molecule has 1 atom stereocenters. The Kier molecular flexibility index (Phi) is 10.3. The van der Waals surface area contributed by atoms with Crippen LogP contribution < -0.4 is 4.57 Å². The van der Waals surface area contributed by atoms with Gasteiger partial charge in [-0.15, -0.1) is 0 Å². The van der Waals surface area contributed by atoms with Crippen LogP contribution in [0.3, 0.4) is 0 Å². The van der Waals surface area contributed by atoms with E-state index >= 15 is 0 Å². The highest BCUT2D eigenvalue weighted by Crippen LogP contribution is 2.11. The van der Waals surface area contributed by atoms with Gasteiger partial charge in [0.2, 0.25) is 0 Å². The Bertz CT molecular complexity index is 392. The Morgan fingerprint density at radius 3 is 2.05 bits per heavy atom. The van der Waals surface area contributed by atoms with Crippen LogP contribution in [-0.2, 0) is 9.53 Å². The van der Waals surface area contributed by atoms with Crippen LogP contribution in [0.2, 0.25) is 0 Å². The molecule has 1 unspecified atom stereocenters. The summed E-state index contributed by atoms with van der Waals surface area (Å²) in [6.45, 7) is 4.14. The predicted octanol–water partition coefficient (Wildman–Crippen LogP) is 4.96. The lowest BCUT2D eigenvalue weighted by molar-refractivity contribution is -0.753. The summed E-state index contributed by atoms with van der Waals surface area (Å²) in [5.41, 5.74) is 0. The molecule has 0 radical (unpaired) electrons. The Labute approximate surface area is 135 Å². The van der Waals surface area contributed by atoms with Crippen molar-refractivity contribution in [2.24, 2.45) is 0 Å². The number of aromatic nitrogens is 1. The highest BCUT2D eigenvalue weighted by molar-refractivity contribution is 5.69. The third-order valence-corrected chi connectivity index (χ3v) is 3.94. The van der Waals surface area contributed by atoms with E-state index in [-0.39, 0.29) is 12.2 Å². The van der Waals surface area contributed by atoms with E-state index in [0.29, 0.717) is 6.42 Å². The van der Waals surface area contributed by atoms with Crippen LogP contribution >= 0.6 is 0 Å². The van der Waals surface area contributed by atoms with E-state index in [1.165, 1.54) is 44.9 Å². The van der Waals surface area contributed by atoms with Gasteiger partial charge in [-0.2, -0.15) is 4.57 Å². The summed E-state index contributed by atoms with van der Waals surface area (Å²) >= 11 is 0. The summed E-state index contributed by atoms with van der Waals surface area (Å²) in [4.78, 5) is 11.8. The Balaban J connectivity index is 2.00. The van der Waals surface area contributed by atoms with E-state index in [1.54, 1.807) is 0 Å². The zero-order valence-corrected chi connectivity index (χ0v) is 14.3. The maximum Gasteiger partial charge on any atom is 0.310 e. The molecule has 1 aromatic heterocycles. The number of unbranched alkanes of at least 4 members (excludes halogenated alkanes) is 8. The molecule has 3 heteroatoms. The fraction of sp³-hybridized carbons (Fsp3) is 0.684. The number of esters is 1. The smallest absolute Gasteiger partial charge is 0.310 e. The summed E-state index contributed by atoms with van der Waals surface area (Å²) in [6, 6.07) is 5.82. The average Bonchev–Trinajstić information content (AvgIpc) is 2.54. The van der Waals surface area contributed by atoms with E-state index in [4.69, 9.17) is 4.74 Å². The summed E-state index contributed by atoms with van der Waals surface area (Å²) in [5.74, 6) is -0.0909. The molecule has 0 aromatic carbocycles. The lowest BCUT2D eigenvalue weighted by atomic mass is 10.1. The van der Waals surface area contributed by atoms with Gasteiger partial charge >= 0.3 is 12.2 Å². The van der Waals surface area contributed by atoms with Gasteiger partial charge < -0.3 is 4.74 Å². The molecule has 1 heterocycles. The second kappa shape index (κ2) is 12.2. The molecule has 0 bridgehead atoms. The zero-order valence-electron chi connectivity index (χ0n) is 14.3. The molecule has 3 nitrogen and oxygen atoms in total. The second-order valence-corrected chi connectivity index (χ2v) is 5.99. The largest absolute Gasteiger partial charge is 0.403 e. The third-order valence-electron chi connectivity index (χ3n) is 3.94. The summed E-state index contributed by atoms with van der Waals surface area (Å²) in [7, 11) is 0. The van der Waals surface area contributed by atoms with Gasteiger partial charge in [-0.3, -0.25) is 4.79 Å². The molecule has 0 aliphatic rings. The molecule has 0 spiro atoms. The second-order valence-electron chi connectivity index (χ2n) is 5.99. The van der Waals surface area contributed by atoms with Crippen LogP contribution in [0.25, 0.3) is 0 Å². The van der Waals surface area contributed by atoms with Gasteiger partial charge in [0, 0.05) is 25.5 Å². The van der Waals surface area contributed by atoms with Crippen molar-refractivity contribution in [2.75, 3.05) is 0 Å². The number of carbonyl (C=O) groups is 1. The number of hydrogen-bond acceptors (Lipinski definition) is 2. The van der Waals surface area contributed by atoms with Crippen molar-refractivity contribution < 1.29 is 14.1 Å².